The van der Waals surface area contributed by atoms with Gasteiger partial charge in [-0.1, -0.05) is 141 Å². The lowest BCUT2D eigenvalue weighted by Gasteiger charge is -2.28. The summed E-state index contributed by atoms with van der Waals surface area (Å²) >= 11 is 0. The molecule has 0 spiro atoms. The molecule has 1 aliphatic rings. The maximum atomic E-state index is 6.34. The van der Waals surface area contributed by atoms with Crippen molar-refractivity contribution in [3.8, 4) is 33.4 Å². The van der Waals surface area contributed by atoms with Gasteiger partial charge in [0, 0.05) is 38.6 Å². The molecule has 2 nitrogen and oxygen atoms in total. The largest absolute Gasteiger partial charge is 0.456 e. The van der Waals surface area contributed by atoms with Gasteiger partial charge in [-0.3, -0.25) is 0 Å². The summed E-state index contributed by atoms with van der Waals surface area (Å²) in [4.78, 5) is 2.41. The van der Waals surface area contributed by atoms with Gasteiger partial charge in [0.1, 0.15) is 11.2 Å². The molecule has 9 aromatic rings. The molecule has 10 rings (SSSR count). The van der Waals surface area contributed by atoms with E-state index in [9.17, 15) is 0 Å². The molecular formula is C49H35NO. The highest BCUT2D eigenvalue weighted by atomic mass is 16.3. The van der Waals surface area contributed by atoms with Gasteiger partial charge in [-0.25, -0.2) is 0 Å². The molecule has 1 aromatic heterocycles. The fourth-order valence-electron chi connectivity index (χ4n) is 8.36. The Balaban J connectivity index is 1.16. The first-order chi connectivity index (χ1) is 25.0. The Kier molecular flexibility index (Phi) is 6.56. The van der Waals surface area contributed by atoms with Gasteiger partial charge in [-0.05, 0) is 98.4 Å². The fourth-order valence-corrected chi connectivity index (χ4v) is 8.36. The maximum Gasteiger partial charge on any atom is 0.136 e. The van der Waals surface area contributed by atoms with Gasteiger partial charge in [-0.2, -0.15) is 0 Å². The summed E-state index contributed by atoms with van der Waals surface area (Å²) in [5.74, 6) is 0. The van der Waals surface area contributed by atoms with Gasteiger partial charge in [-0.15, -0.1) is 0 Å². The molecule has 0 N–H and O–H groups in total. The Hall–Kier alpha value is -6.38. The lowest BCUT2D eigenvalue weighted by atomic mass is 9.82. The molecular weight excluding hydrogens is 619 g/mol. The van der Waals surface area contributed by atoms with E-state index in [-0.39, 0.29) is 5.41 Å². The minimum atomic E-state index is -0.103. The molecule has 2 heteroatoms. The van der Waals surface area contributed by atoms with Crippen LogP contribution in [-0.4, -0.2) is 0 Å². The normalized spacial score (nSPS) is 13.1. The first-order valence-corrected chi connectivity index (χ1v) is 17.7. The Bertz CT molecular complexity index is 2770. The molecule has 8 aromatic carbocycles. The molecule has 0 atom stereocenters. The van der Waals surface area contributed by atoms with Crippen LogP contribution in [0, 0.1) is 0 Å². The van der Waals surface area contributed by atoms with Crippen LogP contribution in [0.1, 0.15) is 25.0 Å². The summed E-state index contributed by atoms with van der Waals surface area (Å²) in [7, 11) is 0. The topological polar surface area (TPSA) is 16.4 Å². The Labute approximate surface area is 297 Å². The molecule has 0 saturated carbocycles. The number of anilines is 3. The van der Waals surface area contributed by atoms with Crippen LogP contribution in [0.3, 0.4) is 0 Å². The van der Waals surface area contributed by atoms with Gasteiger partial charge < -0.3 is 9.32 Å². The minimum absolute atomic E-state index is 0.103. The van der Waals surface area contributed by atoms with Crippen molar-refractivity contribution in [2.45, 2.75) is 19.3 Å². The summed E-state index contributed by atoms with van der Waals surface area (Å²) in [6, 6.07) is 63.7. The predicted molar refractivity (Wildman–Crippen MR) is 214 cm³/mol. The van der Waals surface area contributed by atoms with E-state index in [4.69, 9.17) is 4.42 Å². The van der Waals surface area contributed by atoms with Crippen molar-refractivity contribution < 1.29 is 4.42 Å². The highest BCUT2D eigenvalue weighted by Crippen LogP contribution is 2.51. The van der Waals surface area contributed by atoms with Gasteiger partial charge in [0.2, 0.25) is 0 Å². The second-order valence-corrected chi connectivity index (χ2v) is 14.1. The van der Waals surface area contributed by atoms with E-state index in [2.05, 4.69) is 189 Å². The fraction of sp³-hybridized carbons (Fsp3) is 0.0612. The molecule has 0 saturated heterocycles. The third kappa shape index (κ3) is 4.64. The van der Waals surface area contributed by atoms with Crippen LogP contribution in [0.5, 0.6) is 0 Å². The Morgan fingerprint density at radius 3 is 1.96 bits per heavy atom. The molecule has 1 aliphatic carbocycles. The summed E-state index contributed by atoms with van der Waals surface area (Å²) in [5, 5.41) is 4.72. The smallest absolute Gasteiger partial charge is 0.136 e. The van der Waals surface area contributed by atoms with E-state index >= 15 is 0 Å². The van der Waals surface area contributed by atoms with Crippen LogP contribution in [0.2, 0.25) is 0 Å². The van der Waals surface area contributed by atoms with Crippen LogP contribution in [0.4, 0.5) is 17.1 Å². The number of hydrogen-bond acceptors (Lipinski definition) is 2. The first-order valence-electron chi connectivity index (χ1n) is 17.7. The molecule has 51 heavy (non-hydrogen) atoms. The number of furan rings is 1. The standard InChI is InChI=1S/C49H35NO/c1-49(2)43-20-8-6-17-40(43)41-28-27-38(31-44(41)49)50(36-25-22-33(23-26-36)32-12-4-3-5-13-32)37-16-10-15-35(30-37)39-19-11-14-34-24-29-46-48(47(34)39)42-18-7-9-21-45(42)51-46/h3-31H,1-2H3. The molecule has 0 fully saturated rings. The molecule has 0 amide bonds. The summed E-state index contributed by atoms with van der Waals surface area (Å²) in [6.07, 6.45) is 0. The third-order valence-corrected chi connectivity index (χ3v) is 10.9. The lowest BCUT2D eigenvalue weighted by molar-refractivity contribution is 0.660. The minimum Gasteiger partial charge on any atom is -0.456 e. The third-order valence-electron chi connectivity index (χ3n) is 10.9. The molecule has 0 radical (unpaired) electrons. The van der Waals surface area contributed by atoms with Crippen molar-refractivity contribution in [1.82, 2.24) is 0 Å². The van der Waals surface area contributed by atoms with E-state index in [0.717, 1.165) is 44.6 Å². The number of rotatable bonds is 5. The van der Waals surface area contributed by atoms with Crippen LogP contribution in [-0.2, 0) is 5.41 Å². The van der Waals surface area contributed by atoms with Gasteiger partial charge in [0.25, 0.3) is 0 Å². The number of fused-ring (bicyclic) bond motifs is 8. The summed E-state index contributed by atoms with van der Waals surface area (Å²) < 4.78 is 6.34. The van der Waals surface area contributed by atoms with Crippen LogP contribution < -0.4 is 4.90 Å². The van der Waals surface area contributed by atoms with Crippen LogP contribution in [0.25, 0.3) is 66.1 Å². The van der Waals surface area contributed by atoms with Gasteiger partial charge >= 0.3 is 0 Å². The Morgan fingerprint density at radius 2 is 1.08 bits per heavy atom. The van der Waals surface area contributed by atoms with Crippen molar-refractivity contribution in [3.63, 3.8) is 0 Å². The van der Waals surface area contributed by atoms with Crippen LogP contribution >= 0.6 is 0 Å². The molecule has 0 unspecified atom stereocenters. The number of benzene rings is 8. The lowest BCUT2D eigenvalue weighted by Crippen LogP contribution is -2.16. The van der Waals surface area contributed by atoms with E-state index in [1.54, 1.807) is 0 Å². The number of nitrogens with zero attached hydrogens (tertiary/aromatic N) is 1. The van der Waals surface area contributed by atoms with E-state index in [0.29, 0.717) is 0 Å². The summed E-state index contributed by atoms with van der Waals surface area (Å²) in [6.45, 7) is 4.70. The van der Waals surface area contributed by atoms with Crippen molar-refractivity contribution in [1.29, 1.82) is 0 Å². The number of para-hydroxylation sites is 1. The predicted octanol–water partition coefficient (Wildman–Crippen LogP) is 13.8. The zero-order valence-corrected chi connectivity index (χ0v) is 28.6. The van der Waals surface area contributed by atoms with E-state index < -0.39 is 0 Å². The highest BCUT2D eigenvalue weighted by molar-refractivity contribution is 6.22. The molecule has 0 bridgehead atoms. The average Bonchev–Trinajstić information content (AvgIpc) is 3.68. The van der Waals surface area contributed by atoms with Gasteiger partial charge in [0.05, 0.1) is 0 Å². The van der Waals surface area contributed by atoms with E-state index in [1.807, 2.05) is 6.07 Å². The van der Waals surface area contributed by atoms with Crippen molar-refractivity contribution in [2.24, 2.45) is 0 Å². The monoisotopic (exact) mass is 653 g/mol. The second-order valence-electron chi connectivity index (χ2n) is 14.1. The number of hydrogen-bond donors (Lipinski definition) is 0. The average molecular weight is 654 g/mol. The van der Waals surface area contributed by atoms with E-state index in [1.165, 1.54) is 49.7 Å². The molecule has 0 aliphatic heterocycles. The SMILES string of the molecule is CC1(C)c2ccccc2-c2ccc(N(c3ccc(-c4ccccc4)cc3)c3cccc(-c4cccc5ccc6oc7ccccc7c6c45)c3)cc21. The van der Waals surface area contributed by atoms with Crippen molar-refractivity contribution in [2.75, 3.05) is 4.90 Å². The van der Waals surface area contributed by atoms with Crippen molar-refractivity contribution in [3.05, 3.63) is 187 Å². The van der Waals surface area contributed by atoms with Crippen molar-refractivity contribution >= 4 is 49.8 Å². The zero-order chi connectivity index (χ0) is 34.1. The first kappa shape index (κ1) is 29.5. The Morgan fingerprint density at radius 1 is 0.412 bits per heavy atom. The molecule has 242 valence electrons. The maximum absolute atomic E-state index is 6.34. The highest BCUT2D eigenvalue weighted by Gasteiger charge is 2.35. The van der Waals surface area contributed by atoms with Gasteiger partial charge in [0.15, 0.2) is 0 Å². The zero-order valence-electron chi connectivity index (χ0n) is 28.6. The van der Waals surface area contributed by atoms with Crippen LogP contribution in [0.15, 0.2) is 180 Å². The quantitative estimate of drug-likeness (QED) is 0.184. The summed E-state index contributed by atoms with van der Waals surface area (Å²) in [5.41, 5.74) is 15.2. The molecule has 1 heterocycles. The second kappa shape index (κ2) is 11.3.